The predicted octanol–water partition coefficient (Wildman–Crippen LogP) is 4.28. The molecule has 1 aliphatic heterocycles. The van der Waals surface area contributed by atoms with Crippen molar-refractivity contribution in [2.75, 3.05) is 32.8 Å². The second-order valence-corrected chi connectivity index (χ2v) is 6.99. The van der Waals surface area contributed by atoms with E-state index in [-0.39, 0.29) is 29.9 Å². The minimum atomic E-state index is -0.563. The molecule has 0 aromatic heterocycles. The molecule has 1 amide bonds. The number of piperazine rings is 1. The molecule has 0 aliphatic carbocycles. The van der Waals surface area contributed by atoms with E-state index in [2.05, 4.69) is 4.90 Å². The highest BCUT2D eigenvalue weighted by Gasteiger charge is 2.21. The summed E-state index contributed by atoms with van der Waals surface area (Å²) in [6, 6.07) is 11.9. The van der Waals surface area contributed by atoms with Crippen LogP contribution in [0.25, 0.3) is 0 Å². The molecule has 1 aliphatic rings. The molecule has 0 bridgehead atoms. The summed E-state index contributed by atoms with van der Waals surface area (Å²) in [6.07, 6.45) is 0. The van der Waals surface area contributed by atoms with E-state index in [9.17, 15) is 9.18 Å². The minimum absolute atomic E-state index is 0. The van der Waals surface area contributed by atoms with Crippen molar-refractivity contribution in [2.45, 2.75) is 6.54 Å². The van der Waals surface area contributed by atoms with Crippen molar-refractivity contribution >= 4 is 41.5 Å². The zero-order valence-electron chi connectivity index (χ0n) is 14.5. The lowest BCUT2D eigenvalue weighted by Crippen LogP contribution is -2.49. The molecule has 0 N–H and O–H groups in total. The molecule has 1 saturated heterocycles. The second-order valence-electron chi connectivity index (χ2n) is 6.15. The van der Waals surface area contributed by atoms with Gasteiger partial charge in [0.05, 0.1) is 5.02 Å². The van der Waals surface area contributed by atoms with Crippen molar-refractivity contribution in [3.63, 3.8) is 0 Å². The van der Waals surface area contributed by atoms with Crippen LogP contribution in [0.15, 0.2) is 42.5 Å². The molecule has 0 spiro atoms. The first-order valence-corrected chi connectivity index (χ1v) is 9.09. The van der Waals surface area contributed by atoms with Gasteiger partial charge in [-0.1, -0.05) is 35.3 Å². The van der Waals surface area contributed by atoms with Crippen LogP contribution in [-0.2, 0) is 11.3 Å². The summed E-state index contributed by atoms with van der Waals surface area (Å²) in [4.78, 5) is 16.3. The second kappa shape index (κ2) is 10.1. The van der Waals surface area contributed by atoms with Crippen LogP contribution in [0.3, 0.4) is 0 Å². The van der Waals surface area contributed by atoms with Gasteiger partial charge in [-0.15, -0.1) is 12.4 Å². The van der Waals surface area contributed by atoms with E-state index in [0.29, 0.717) is 18.8 Å². The third-order valence-corrected chi connectivity index (χ3v) is 4.86. The first-order chi connectivity index (χ1) is 12.5. The number of hydrogen-bond donors (Lipinski definition) is 0. The van der Waals surface area contributed by atoms with Crippen LogP contribution in [0.2, 0.25) is 10.0 Å². The van der Waals surface area contributed by atoms with E-state index in [1.165, 1.54) is 17.7 Å². The highest BCUT2D eigenvalue weighted by atomic mass is 35.5. The Morgan fingerprint density at radius 2 is 1.70 bits per heavy atom. The molecular formula is C19H20Cl3FN2O2. The maximum atomic E-state index is 13.4. The fourth-order valence-electron chi connectivity index (χ4n) is 2.81. The SMILES string of the molecule is Cl.O=C(COc1ccc(Cl)c(F)c1)N1CCN(Cc2ccc(Cl)cc2)CC1. The minimum Gasteiger partial charge on any atom is -0.484 e. The molecule has 0 saturated carbocycles. The zero-order valence-corrected chi connectivity index (χ0v) is 16.9. The molecule has 0 radical (unpaired) electrons. The molecule has 2 aromatic carbocycles. The molecule has 3 rings (SSSR count). The summed E-state index contributed by atoms with van der Waals surface area (Å²) in [5, 5.41) is 0.755. The summed E-state index contributed by atoms with van der Waals surface area (Å²) < 4.78 is 18.8. The van der Waals surface area contributed by atoms with Gasteiger partial charge in [-0.05, 0) is 29.8 Å². The van der Waals surface area contributed by atoms with E-state index in [4.69, 9.17) is 27.9 Å². The molecule has 4 nitrogen and oxygen atoms in total. The first kappa shape index (κ1) is 21.8. The molecule has 8 heteroatoms. The van der Waals surface area contributed by atoms with Gasteiger partial charge in [0.15, 0.2) is 6.61 Å². The van der Waals surface area contributed by atoms with E-state index in [1.807, 2.05) is 24.3 Å². The fraction of sp³-hybridized carbons (Fsp3) is 0.316. The number of ether oxygens (including phenoxy) is 1. The van der Waals surface area contributed by atoms with Crippen molar-refractivity contribution in [3.8, 4) is 5.75 Å². The van der Waals surface area contributed by atoms with Crippen LogP contribution >= 0.6 is 35.6 Å². The third kappa shape index (κ3) is 6.25. The van der Waals surface area contributed by atoms with Crippen LogP contribution in [0.5, 0.6) is 5.75 Å². The summed E-state index contributed by atoms with van der Waals surface area (Å²) in [5.74, 6) is -0.374. The largest absolute Gasteiger partial charge is 0.484 e. The number of nitrogens with zero attached hydrogens (tertiary/aromatic N) is 2. The van der Waals surface area contributed by atoms with Gasteiger partial charge in [0.1, 0.15) is 11.6 Å². The molecule has 146 valence electrons. The molecule has 27 heavy (non-hydrogen) atoms. The van der Waals surface area contributed by atoms with Gasteiger partial charge in [0.25, 0.3) is 5.91 Å². The van der Waals surface area contributed by atoms with Crippen molar-refractivity contribution in [2.24, 2.45) is 0 Å². The van der Waals surface area contributed by atoms with Crippen LogP contribution in [0.4, 0.5) is 4.39 Å². The van der Waals surface area contributed by atoms with Gasteiger partial charge in [0, 0.05) is 43.8 Å². The molecule has 0 unspecified atom stereocenters. The average molecular weight is 434 g/mol. The number of halogens is 4. The van der Waals surface area contributed by atoms with Gasteiger partial charge in [0.2, 0.25) is 0 Å². The van der Waals surface area contributed by atoms with Gasteiger partial charge in [-0.3, -0.25) is 9.69 Å². The van der Waals surface area contributed by atoms with Crippen molar-refractivity contribution in [1.82, 2.24) is 9.80 Å². The quantitative estimate of drug-likeness (QED) is 0.706. The Balaban J connectivity index is 0.00000261. The van der Waals surface area contributed by atoms with Crippen LogP contribution in [0, 0.1) is 5.82 Å². The van der Waals surface area contributed by atoms with E-state index >= 15 is 0 Å². The van der Waals surface area contributed by atoms with Gasteiger partial charge in [-0.2, -0.15) is 0 Å². The van der Waals surface area contributed by atoms with Crippen molar-refractivity contribution in [3.05, 3.63) is 63.9 Å². The standard InChI is InChI=1S/C19H19Cl2FN2O2.ClH/c20-15-3-1-14(2-4-15)12-23-7-9-24(10-8-23)19(25)13-26-16-5-6-17(21)18(22)11-16;/h1-6,11H,7-10,12-13H2;1H. The molecule has 1 heterocycles. The monoisotopic (exact) mass is 432 g/mol. The van der Waals surface area contributed by atoms with E-state index in [1.54, 1.807) is 11.0 Å². The zero-order chi connectivity index (χ0) is 18.5. The molecular weight excluding hydrogens is 414 g/mol. The Labute approximate surface area is 174 Å². The van der Waals surface area contributed by atoms with Crippen molar-refractivity contribution < 1.29 is 13.9 Å². The summed E-state index contributed by atoms with van der Waals surface area (Å²) in [7, 11) is 0. The number of carbonyl (C=O) groups is 1. The van der Waals surface area contributed by atoms with E-state index < -0.39 is 5.82 Å². The lowest BCUT2D eigenvalue weighted by atomic mass is 10.2. The Hall–Kier alpha value is -1.53. The third-order valence-electron chi connectivity index (χ3n) is 4.30. The smallest absolute Gasteiger partial charge is 0.260 e. The van der Waals surface area contributed by atoms with Gasteiger partial charge in [-0.25, -0.2) is 4.39 Å². The Kier molecular flexibility index (Phi) is 8.17. The van der Waals surface area contributed by atoms with Crippen LogP contribution in [-0.4, -0.2) is 48.5 Å². The lowest BCUT2D eigenvalue weighted by Gasteiger charge is -2.34. The summed E-state index contributed by atoms with van der Waals surface area (Å²) >= 11 is 11.5. The van der Waals surface area contributed by atoms with Gasteiger partial charge < -0.3 is 9.64 Å². The number of rotatable bonds is 5. The topological polar surface area (TPSA) is 32.8 Å². The summed E-state index contributed by atoms with van der Waals surface area (Å²) in [5.41, 5.74) is 1.20. The maximum Gasteiger partial charge on any atom is 0.260 e. The first-order valence-electron chi connectivity index (χ1n) is 8.34. The van der Waals surface area contributed by atoms with E-state index in [0.717, 1.165) is 24.7 Å². The number of benzene rings is 2. The Morgan fingerprint density at radius 3 is 2.33 bits per heavy atom. The predicted molar refractivity (Wildman–Crippen MR) is 107 cm³/mol. The Bertz CT molecular complexity index is 766. The Morgan fingerprint density at radius 1 is 1.04 bits per heavy atom. The normalized spacial score (nSPS) is 14.6. The lowest BCUT2D eigenvalue weighted by molar-refractivity contribution is -0.135. The van der Waals surface area contributed by atoms with Crippen LogP contribution in [0.1, 0.15) is 5.56 Å². The van der Waals surface area contributed by atoms with Gasteiger partial charge >= 0.3 is 0 Å². The number of carbonyl (C=O) groups excluding carboxylic acids is 1. The summed E-state index contributed by atoms with van der Waals surface area (Å²) in [6.45, 7) is 3.60. The fourth-order valence-corrected chi connectivity index (χ4v) is 3.05. The van der Waals surface area contributed by atoms with Crippen molar-refractivity contribution in [1.29, 1.82) is 0 Å². The maximum absolute atomic E-state index is 13.4. The highest BCUT2D eigenvalue weighted by molar-refractivity contribution is 6.30. The average Bonchev–Trinajstić information content (AvgIpc) is 2.65. The number of amides is 1. The molecule has 0 atom stereocenters. The molecule has 1 fully saturated rings. The number of hydrogen-bond acceptors (Lipinski definition) is 3. The highest BCUT2D eigenvalue weighted by Crippen LogP contribution is 2.20. The van der Waals surface area contributed by atoms with Crippen LogP contribution < -0.4 is 4.74 Å². The molecule has 2 aromatic rings.